The molecule has 2 aliphatic rings. The van der Waals surface area contributed by atoms with Gasteiger partial charge in [0.05, 0.1) is 11.8 Å². The van der Waals surface area contributed by atoms with Gasteiger partial charge in [0.2, 0.25) is 17.7 Å². The molecule has 2 saturated heterocycles. The highest BCUT2D eigenvalue weighted by Gasteiger charge is 2.38. The summed E-state index contributed by atoms with van der Waals surface area (Å²) in [6.07, 6.45) is 0.874. The summed E-state index contributed by atoms with van der Waals surface area (Å²) in [7, 11) is 1.74. The molecule has 0 N–H and O–H groups in total. The molecule has 2 fully saturated rings. The topological polar surface area (TPSA) is 60.9 Å². The lowest BCUT2D eigenvalue weighted by Gasteiger charge is -2.25. The molecule has 0 spiro atoms. The van der Waals surface area contributed by atoms with Crippen LogP contribution in [0.25, 0.3) is 10.4 Å². The van der Waals surface area contributed by atoms with Crippen LogP contribution in [0.3, 0.4) is 0 Å². The lowest BCUT2D eigenvalue weighted by Crippen LogP contribution is -2.41. The molecule has 6 nitrogen and oxygen atoms in total. The maximum Gasteiger partial charge on any atom is 0.228 e. The number of carbonyl (C=O) groups excluding carboxylic acids is 3. The van der Waals surface area contributed by atoms with E-state index in [9.17, 15) is 14.4 Å². The molecular formula is C24H29N3O3S. The molecular weight excluding hydrogens is 410 g/mol. The van der Waals surface area contributed by atoms with Crippen molar-refractivity contribution in [3.05, 3.63) is 47.3 Å². The summed E-state index contributed by atoms with van der Waals surface area (Å²) in [5, 5.41) is 2.06. The molecule has 0 bridgehead atoms. The maximum atomic E-state index is 13.2. The van der Waals surface area contributed by atoms with Crippen LogP contribution in [0.5, 0.6) is 0 Å². The molecule has 7 heteroatoms. The van der Waals surface area contributed by atoms with Gasteiger partial charge in [0.15, 0.2) is 0 Å². The van der Waals surface area contributed by atoms with Crippen molar-refractivity contribution in [3.8, 4) is 10.4 Å². The lowest BCUT2D eigenvalue weighted by atomic mass is 9.96. The first kappa shape index (κ1) is 21.6. The number of carbonyl (C=O) groups is 3. The van der Waals surface area contributed by atoms with E-state index in [0.29, 0.717) is 39.1 Å². The van der Waals surface area contributed by atoms with Gasteiger partial charge in [-0.3, -0.25) is 14.4 Å². The predicted molar refractivity (Wildman–Crippen MR) is 122 cm³/mol. The third kappa shape index (κ3) is 4.66. The highest BCUT2D eigenvalue weighted by molar-refractivity contribution is 7.13. The second-order valence-electron chi connectivity index (χ2n) is 8.45. The normalized spacial score (nSPS) is 22.2. The van der Waals surface area contributed by atoms with Gasteiger partial charge in [-0.1, -0.05) is 30.3 Å². The third-order valence-electron chi connectivity index (χ3n) is 6.37. The van der Waals surface area contributed by atoms with Gasteiger partial charge in [-0.25, -0.2) is 0 Å². The van der Waals surface area contributed by atoms with Crippen molar-refractivity contribution < 1.29 is 14.4 Å². The summed E-state index contributed by atoms with van der Waals surface area (Å²) in [6, 6.07) is 12.5. The van der Waals surface area contributed by atoms with Crippen molar-refractivity contribution in [1.29, 1.82) is 0 Å². The van der Waals surface area contributed by atoms with Gasteiger partial charge >= 0.3 is 0 Å². The molecule has 1 aromatic carbocycles. The summed E-state index contributed by atoms with van der Waals surface area (Å²) in [6.45, 7) is 4.57. The SMILES string of the molecule is CCN1CCN(C(=O)[C@@H]2CC(=O)N(C)C2)C[C@H](Cc2ccc(-c3cccs3)cc2)C1=O. The van der Waals surface area contributed by atoms with E-state index in [0.717, 1.165) is 5.56 Å². The quantitative estimate of drug-likeness (QED) is 0.720. The molecule has 164 valence electrons. The Balaban J connectivity index is 1.49. The van der Waals surface area contributed by atoms with Gasteiger partial charge < -0.3 is 14.7 Å². The number of amides is 3. The molecule has 3 heterocycles. The average molecular weight is 440 g/mol. The van der Waals surface area contributed by atoms with Crippen molar-refractivity contribution in [2.75, 3.05) is 39.8 Å². The summed E-state index contributed by atoms with van der Waals surface area (Å²) < 4.78 is 0. The van der Waals surface area contributed by atoms with Crippen molar-refractivity contribution in [3.63, 3.8) is 0 Å². The van der Waals surface area contributed by atoms with Gasteiger partial charge in [-0.05, 0) is 35.9 Å². The van der Waals surface area contributed by atoms with Crippen LogP contribution in [0.4, 0.5) is 0 Å². The number of likely N-dealkylation sites (N-methyl/N-ethyl adjacent to an activating group) is 1. The molecule has 2 atom stereocenters. The first-order chi connectivity index (χ1) is 15.0. The van der Waals surface area contributed by atoms with E-state index in [4.69, 9.17) is 0 Å². The number of hydrogen-bond acceptors (Lipinski definition) is 4. The first-order valence-corrected chi connectivity index (χ1v) is 11.8. The average Bonchev–Trinajstić information content (AvgIpc) is 3.39. The molecule has 0 unspecified atom stereocenters. The highest BCUT2D eigenvalue weighted by Crippen LogP contribution is 2.26. The molecule has 0 aliphatic carbocycles. The van der Waals surface area contributed by atoms with Gasteiger partial charge in [-0.2, -0.15) is 0 Å². The van der Waals surface area contributed by atoms with E-state index in [2.05, 4.69) is 35.7 Å². The minimum absolute atomic E-state index is 0.00139. The molecule has 3 amide bonds. The monoisotopic (exact) mass is 439 g/mol. The molecule has 0 saturated carbocycles. The van der Waals surface area contributed by atoms with Crippen LogP contribution >= 0.6 is 11.3 Å². The predicted octanol–water partition coefficient (Wildman–Crippen LogP) is 2.74. The Morgan fingerprint density at radius 1 is 1.10 bits per heavy atom. The molecule has 0 radical (unpaired) electrons. The zero-order chi connectivity index (χ0) is 22.0. The molecule has 31 heavy (non-hydrogen) atoms. The second-order valence-corrected chi connectivity index (χ2v) is 9.40. The molecule has 1 aromatic heterocycles. The van der Waals surface area contributed by atoms with Crippen LogP contribution in [0, 0.1) is 11.8 Å². The Morgan fingerprint density at radius 3 is 2.48 bits per heavy atom. The molecule has 4 rings (SSSR count). The number of nitrogens with zero attached hydrogens (tertiary/aromatic N) is 3. The lowest BCUT2D eigenvalue weighted by molar-refractivity contribution is -0.137. The summed E-state index contributed by atoms with van der Waals surface area (Å²) in [5.41, 5.74) is 2.27. The van der Waals surface area contributed by atoms with Crippen LogP contribution in [0.15, 0.2) is 41.8 Å². The Morgan fingerprint density at radius 2 is 1.87 bits per heavy atom. The highest BCUT2D eigenvalue weighted by atomic mass is 32.1. The maximum absolute atomic E-state index is 13.2. The van der Waals surface area contributed by atoms with E-state index in [1.165, 1.54) is 10.4 Å². The second kappa shape index (κ2) is 9.22. The van der Waals surface area contributed by atoms with E-state index >= 15 is 0 Å². The fourth-order valence-corrected chi connectivity index (χ4v) is 5.26. The third-order valence-corrected chi connectivity index (χ3v) is 7.29. The number of benzene rings is 1. The van der Waals surface area contributed by atoms with Crippen LogP contribution in [-0.4, -0.2) is 72.2 Å². The minimum atomic E-state index is -0.300. The van der Waals surface area contributed by atoms with Crippen molar-refractivity contribution >= 4 is 29.1 Å². The minimum Gasteiger partial charge on any atom is -0.345 e. The van der Waals surface area contributed by atoms with Crippen LogP contribution in [0.2, 0.25) is 0 Å². The van der Waals surface area contributed by atoms with Gasteiger partial charge in [-0.15, -0.1) is 11.3 Å². The van der Waals surface area contributed by atoms with Crippen LogP contribution in [-0.2, 0) is 20.8 Å². The number of rotatable bonds is 5. The van der Waals surface area contributed by atoms with Gasteiger partial charge in [0.25, 0.3) is 0 Å². The summed E-state index contributed by atoms with van der Waals surface area (Å²) in [5.74, 6) is -0.441. The smallest absolute Gasteiger partial charge is 0.228 e. The Kier molecular flexibility index (Phi) is 6.41. The fraction of sp³-hybridized carbons (Fsp3) is 0.458. The Labute approximate surface area is 187 Å². The number of hydrogen-bond donors (Lipinski definition) is 0. The van der Waals surface area contributed by atoms with E-state index in [-0.39, 0.29) is 36.0 Å². The van der Waals surface area contributed by atoms with Gasteiger partial charge in [0.1, 0.15) is 0 Å². The largest absolute Gasteiger partial charge is 0.345 e. The zero-order valence-corrected chi connectivity index (χ0v) is 18.9. The van der Waals surface area contributed by atoms with E-state index in [1.807, 2.05) is 22.8 Å². The van der Waals surface area contributed by atoms with E-state index in [1.54, 1.807) is 23.3 Å². The van der Waals surface area contributed by atoms with Crippen LogP contribution < -0.4 is 0 Å². The number of thiophene rings is 1. The Bertz CT molecular complexity index is 941. The zero-order valence-electron chi connectivity index (χ0n) is 18.1. The molecule has 2 aliphatic heterocycles. The van der Waals surface area contributed by atoms with Crippen molar-refractivity contribution in [1.82, 2.24) is 14.7 Å². The number of likely N-dealkylation sites (tertiary alicyclic amines) is 1. The summed E-state index contributed by atoms with van der Waals surface area (Å²) in [4.78, 5) is 44.7. The van der Waals surface area contributed by atoms with Crippen molar-refractivity contribution in [2.45, 2.75) is 19.8 Å². The standard InChI is InChI=1S/C24H29N3O3S/c1-3-26-10-11-27(24(30)20-14-22(28)25(2)15-20)16-19(23(26)29)13-17-6-8-18(9-7-17)21-5-4-12-31-21/h4-9,12,19-20H,3,10-11,13-16H2,1-2H3/t19-,20+/m0/s1. The Hall–Kier alpha value is -2.67. The first-order valence-electron chi connectivity index (χ1n) is 10.9. The van der Waals surface area contributed by atoms with Crippen LogP contribution in [0.1, 0.15) is 18.9 Å². The van der Waals surface area contributed by atoms with Gasteiger partial charge in [0, 0.05) is 51.1 Å². The van der Waals surface area contributed by atoms with E-state index < -0.39 is 0 Å². The summed E-state index contributed by atoms with van der Waals surface area (Å²) >= 11 is 1.71. The van der Waals surface area contributed by atoms with Crippen molar-refractivity contribution in [2.24, 2.45) is 11.8 Å². The molecule has 2 aromatic rings. The fourth-order valence-electron chi connectivity index (χ4n) is 4.53.